The van der Waals surface area contributed by atoms with Crippen molar-refractivity contribution in [3.05, 3.63) is 36.7 Å². The summed E-state index contributed by atoms with van der Waals surface area (Å²) in [4.78, 5) is 23.8. The van der Waals surface area contributed by atoms with Crippen LogP contribution in [-0.2, 0) is 11.3 Å². The molecule has 9 nitrogen and oxygen atoms in total. The van der Waals surface area contributed by atoms with Gasteiger partial charge in [-0.25, -0.2) is 9.48 Å². The Labute approximate surface area is 137 Å². The topological polar surface area (TPSA) is 117 Å². The number of hydrogen-bond donors (Lipinski definition) is 2. The summed E-state index contributed by atoms with van der Waals surface area (Å²) in [5.41, 5.74) is 7.13. The van der Waals surface area contributed by atoms with Crippen molar-refractivity contribution in [3.63, 3.8) is 0 Å². The number of ether oxygens (including phenoxy) is 1. The molecule has 0 saturated carbocycles. The highest BCUT2D eigenvalue weighted by atomic mass is 16.5. The van der Waals surface area contributed by atoms with Crippen molar-refractivity contribution >= 4 is 34.4 Å². The first-order chi connectivity index (χ1) is 11.6. The van der Waals surface area contributed by atoms with E-state index in [-0.39, 0.29) is 24.9 Å². The third-order valence-corrected chi connectivity index (χ3v) is 3.35. The summed E-state index contributed by atoms with van der Waals surface area (Å²) in [6.45, 7) is 1.90. The predicted molar refractivity (Wildman–Crippen MR) is 87.6 cm³/mol. The van der Waals surface area contributed by atoms with Gasteiger partial charge in [0.05, 0.1) is 24.0 Å². The van der Waals surface area contributed by atoms with Crippen molar-refractivity contribution < 1.29 is 14.3 Å². The molecule has 0 unspecified atom stereocenters. The highest BCUT2D eigenvalue weighted by Gasteiger charge is 2.13. The fraction of sp³-hybridized carbons (Fsp3) is 0.200. The molecule has 1 amide bonds. The van der Waals surface area contributed by atoms with Gasteiger partial charge in [0, 0.05) is 11.6 Å². The van der Waals surface area contributed by atoms with Gasteiger partial charge in [-0.3, -0.25) is 14.7 Å². The molecule has 9 heteroatoms. The maximum absolute atomic E-state index is 12.5. The summed E-state index contributed by atoms with van der Waals surface area (Å²) in [7, 11) is 0. The molecule has 0 atom stereocenters. The number of nitrogens with two attached hydrogens (primary N) is 1. The zero-order chi connectivity index (χ0) is 17.1. The molecule has 0 saturated heterocycles. The lowest BCUT2D eigenvalue weighted by Gasteiger charge is -2.06. The van der Waals surface area contributed by atoms with Gasteiger partial charge in [0.15, 0.2) is 5.82 Å². The number of carbonyl (C=O) groups is 2. The van der Waals surface area contributed by atoms with E-state index in [1.54, 1.807) is 19.2 Å². The van der Waals surface area contributed by atoms with Crippen LogP contribution in [0.25, 0.3) is 10.9 Å². The summed E-state index contributed by atoms with van der Waals surface area (Å²) in [6, 6.07) is 7.27. The summed E-state index contributed by atoms with van der Waals surface area (Å²) in [6.07, 6.45) is 2.49. The zero-order valence-electron chi connectivity index (χ0n) is 13.0. The normalized spacial score (nSPS) is 10.7. The molecular weight excluding hydrogens is 312 g/mol. The lowest BCUT2D eigenvalue weighted by Crippen LogP contribution is -2.18. The van der Waals surface area contributed by atoms with Gasteiger partial charge in [-0.15, -0.1) is 5.10 Å². The minimum atomic E-state index is -0.625. The summed E-state index contributed by atoms with van der Waals surface area (Å²) in [5, 5.41) is 10.9. The van der Waals surface area contributed by atoms with Crippen LogP contribution in [0.5, 0.6) is 0 Å². The largest absolute Gasteiger partial charge is 0.450 e. The van der Waals surface area contributed by atoms with Crippen LogP contribution in [0.4, 0.5) is 16.3 Å². The van der Waals surface area contributed by atoms with Gasteiger partial charge >= 0.3 is 6.09 Å². The Morgan fingerprint density at radius 1 is 1.33 bits per heavy atom. The van der Waals surface area contributed by atoms with Gasteiger partial charge in [0.1, 0.15) is 6.54 Å². The first-order valence-electron chi connectivity index (χ1n) is 7.31. The highest BCUT2D eigenvalue weighted by Crippen LogP contribution is 2.22. The molecule has 2 aromatic heterocycles. The van der Waals surface area contributed by atoms with Crippen molar-refractivity contribution in [1.82, 2.24) is 19.6 Å². The molecule has 0 aliphatic carbocycles. The summed E-state index contributed by atoms with van der Waals surface area (Å²) in [5.74, 6) is -0.0198. The number of carbonyl (C=O) groups excluding carboxylic acids is 2. The van der Waals surface area contributed by atoms with Crippen molar-refractivity contribution in [2.45, 2.75) is 13.5 Å². The van der Waals surface area contributed by atoms with Gasteiger partial charge in [-0.1, -0.05) is 17.3 Å². The number of nitrogens with one attached hydrogen (secondary N) is 1. The van der Waals surface area contributed by atoms with Crippen molar-refractivity contribution in [2.75, 3.05) is 17.7 Å². The molecule has 3 aromatic rings. The predicted octanol–water partition coefficient (Wildman–Crippen LogP) is 1.72. The van der Waals surface area contributed by atoms with Crippen LogP contribution in [0.3, 0.4) is 0 Å². The van der Waals surface area contributed by atoms with Gasteiger partial charge in [0.25, 0.3) is 5.91 Å². The fourth-order valence-corrected chi connectivity index (χ4v) is 2.35. The van der Waals surface area contributed by atoms with E-state index in [1.807, 2.05) is 18.2 Å². The van der Waals surface area contributed by atoms with E-state index in [4.69, 9.17) is 10.5 Å². The minimum Gasteiger partial charge on any atom is -0.450 e. The summed E-state index contributed by atoms with van der Waals surface area (Å²) >= 11 is 0. The molecule has 0 aliphatic heterocycles. The third-order valence-electron chi connectivity index (χ3n) is 3.35. The molecule has 0 spiro atoms. The Balaban J connectivity index is 1.75. The van der Waals surface area contributed by atoms with E-state index in [9.17, 15) is 9.59 Å². The molecule has 3 rings (SSSR count). The fourth-order valence-electron chi connectivity index (χ4n) is 2.35. The number of aromatic nitrogens is 4. The SMILES string of the molecule is CCOC(=O)Nc1cn(CC(=O)n2ccc3cccc(N)c32)nn1. The summed E-state index contributed by atoms with van der Waals surface area (Å²) < 4.78 is 7.55. The van der Waals surface area contributed by atoms with E-state index in [2.05, 4.69) is 15.6 Å². The Kier molecular flexibility index (Phi) is 4.15. The Hall–Kier alpha value is -3.36. The second-order valence-corrected chi connectivity index (χ2v) is 5.01. The highest BCUT2D eigenvalue weighted by molar-refractivity contribution is 5.98. The monoisotopic (exact) mass is 328 g/mol. The van der Waals surface area contributed by atoms with Crippen LogP contribution in [0.1, 0.15) is 11.7 Å². The van der Waals surface area contributed by atoms with Crippen LogP contribution >= 0.6 is 0 Å². The Morgan fingerprint density at radius 2 is 2.17 bits per heavy atom. The number of nitrogens with zero attached hydrogens (tertiary/aromatic N) is 4. The molecular formula is C15H16N6O3. The molecule has 0 radical (unpaired) electrons. The lowest BCUT2D eigenvalue weighted by atomic mass is 10.2. The number of nitrogen functional groups attached to an aromatic ring is 1. The smallest absolute Gasteiger partial charge is 0.412 e. The quantitative estimate of drug-likeness (QED) is 0.704. The average molecular weight is 328 g/mol. The molecule has 3 N–H and O–H groups in total. The minimum absolute atomic E-state index is 0.0460. The van der Waals surface area contributed by atoms with Gasteiger partial charge in [-0.05, 0) is 19.1 Å². The number of para-hydroxylation sites is 1. The van der Waals surface area contributed by atoms with E-state index in [0.29, 0.717) is 11.2 Å². The lowest BCUT2D eigenvalue weighted by molar-refractivity contribution is 0.0891. The Bertz CT molecular complexity index is 898. The van der Waals surface area contributed by atoms with Crippen LogP contribution in [-0.4, -0.2) is 38.2 Å². The van der Waals surface area contributed by atoms with Crippen LogP contribution in [0.15, 0.2) is 36.7 Å². The molecule has 124 valence electrons. The second-order valence-electron chi connectivity index (χ2n) is 5.01. The van der Waals surface area contributed by atoms with Crippen LogP contribution in [0, 0.1) is 0 Å². The first-order valence-corrected chi connectivity index (χ1v) is 7.31. The molecule has 24 heavy (non-hydrogen) atoms. The third kappa shape index (κ3) is 3.05. The van der Waals surface area contributed by atoms with Crippen LogP contribution in [0.2, 0.25) is 0 Å². The van der Waals surface area contributed by atoms with Crippen molar-refractivity contribution in [3.8, 4) is 0 Å². The first kappa shape index (κ1) is 15.5. The van der Waals surface area contributed by atoms with E-state index >= 15 is 0 Å². The molecule has 1 aromatic carbocycles. The van der Waals surface area contributed by atoms with Crippen molar-refractivity contribution in [2.24, 2.45) is 0 Å². The molecule has 2 heterocycles. The number of hydrogen-bond acceptors (Lipinski definition) is 6. The number of amides is 1. The number of benzene rings is 1. The standard InChI is InChI=1S/C15H16N6O3/c1-2-24-15(23)17-12-8-20(19-18-12)9-13(22)21-7-6-10-4-3-5-11(16)14(10)21/h3-8H,2,9,16H2,1H3,(H,17,23). The van der Waals surface area contributed by atoms with E-state index in [0.717, 1.165) is 5.39 Å². The average Bonchev–Trinajstić information content (AvgIpc) is 3.15. The van der Waals surface area contributed by atoms with Gasteiger partial charge in [-0.2, -0.15) is 0 Å². The molecule has 0 fully saturated rings. The Morgan fingerprint density at radius 3 is 2.96 bits per heavy atom. The maximum Gasteiger partial charge on any atom is 0.412 e. The maximum atomic E-state index is 12.5. The van der Waals surface area contributed by atoms with E-state index in [1.165, 1.54) is 15.4 Å². The molecule has 0 bridgehead atoms. The number of rotatable bonds is 4. The van der Waals surface area contributed by atoms with Gasteiger partial charge in [0.2, 0.25) is 0 Å². The zero-order valence-corrected chi connectivity index (χ0v) is 13.0. The molecule has 0 aliphatic rings. The van der Waals surface area contributed by atoms with Gasteiger partial charge < -0.3 is 10.5 Å². The second kappa shape index (κ2) is 6.41. The van der Waals surface area contributed by atoms with E-state index < -0.39 is 6.09 Å². The number of anilines is 2. The van der Waals surface area contributed by atoms with Crippen LogP contribution < -0.4 is 11.1 Å². The van der Waals surface area contributed by atoms with Crippen molar-refractivity contribution in [1.29, 1.82) is 0 Å². The number of fused-ring (bicyclic) bond motifs is 1.